The van der Waals surface area contributed by atoms with Gasteiger partial charge in [-0.05, 0) is 50.7 Å². The molecule has 1 aliphatic rings. The quantitative estimate of drug-likeness (QED) is 0.825. The van der Waals surface area contributed by atoms with Gasteiger partial charge >= 0.3 is 0 Å². The van der Waals surface area contributed by atoms with E-state index in [4.69, 9.17) is 0 Å². The summed E-state index contributed by atoms with van der Waals surface area (Å²) in [7, 11) is 0. The van der Waals surface area contributed by atoms with Crippen molar-refractivity contribution in [3.63, 3.8) is 0 Å². The molecular weight excluding hydrogens is 218 g/mol. The Balaban J connectivity index is 2.06. The molecule has 18 heavy (non-hydrogen) atoms. The van der Waals surface area contributed by atoms with Crippen LogP contribution in [-0.4, -0.2) is 6.04 Å². The Morgan fingerprint density at radius 1 is 1.17 bits per heavy atom. The van der Waals surface area contributed by atoms with Gasteiger partial charge in [0.05, 0.1) is 0 Å². The second-order valence-electron chi connectivity index (χ2n) is 6.12. The van der Waals surface area contributed by atoms with Gasteiger partial charge in [-0.1, -0.05) is 43.5 Å². The Morgan fingerprint density at radius 3 is 2.61 bits per heavy atom. The van der Waals surface area contributed by atoms with Gasteiger partial charge in [0.2, 0.25) is 0 Å². The highest BCUT2D eigenvalue weighted by Gasteiger charge is 2.23. The Hall–Kier alpha value is -0.820. The summed E-state index contributed by atoms with van der Waals surface area (Å²) in [6.45, 7) is 9.10. The zero-order valence-corrected chi connectivity index (χ0v) is 12.3. The van der Waals surface area contributed by atoms with Gasteiger partial charge in [-0.3, -0.25) is 0 Å². The molecule has 3 unspecified atom stereocenters. The van der Waals surface area contributed by atoms with Gasteiger partial charge in [0.15, 0.2) is 0 Å². The van der Waals surface area contributed by atoms with Crippen molar-refractivity contribution in [1.29, 1.82) is 0 Å². The average Bonchev–Trinajstić information content (AvgIpc) is 2.35. The van der Waals surface area contributed by atoms with Crippen LogP contribution in [0.15, 0.2) is 18.2 Å². The van der Waals surface area contributed by atoms with Gasteiger partial charge in [-0.2, -0.15) is 0 Å². The first-order valence-electron chi connectivity index (χ1n) is 7.41. The third-order valence-corrected chi connectivity index (χ3v) is 4.48. The first-order chi connectivity index (χ1) is 8.58. The van der Waals surface area contributed by atoms with Crippen molar-refractivity contribution in [2.45, 2.75) is 65.5 Å². The van der Waals surface area contributed by atoms with Crippen LogP contribution in [-0.2, 0) is 0 Å². The Kier molecular flexibility index (Phi) is 4.45. The number of aryl methyl sites for hydroxylation is 2. The molecule has 1 saturated carbocycles. The fraction of sp³-hybridized carbons (Fsp3) is 0.647. The first-order valence-corrected chi connectivity index (χ1v) is 7.41. The molecule has 1 aromatic carbocycles. The van der Waals surface area contributed by atoms with E-state index in [0.29, 0.717) is 12.1 Å². The van der Waals surface area contributed by atoms with Gasteiger partial charge in [0.25, 0.3) is 0 Å². The van der Waals surface area contributed by atoms with Crippen LogP contribution in [0.1, 0.15) is 62.3 Å². The molecule has 2 rings (SSSR count). The van der Waals surface area contributed by atoms with Gasteiger partial charge < -0.3 is 5.32 Å². The van der Waals surface area contributed by atoms with Crippen LogP contribution in [0.4, 0.5) is 0 Å². The molecule has 3 atom stereocenters. The summed E-state index contributed by atoms with van der Waals surface area (Å²) in [6, 6.07) is 7.95. The molecule has 1 aliphatic carbocycles. The molecule has 0 spiro atoms. The smallest absolute Gasteiger partial charge is 0.0297 e. The lowest BCUT2D eigenvalue weighted by Gasteiger charge is -2.32. The predicted octanol–water partition coefficient (Wildman–Crippen LogP) is 4.53. The average molecular weight is 245 g/mol. The summed E-state index contributed by atoms with van der Waals surface area (Å²) < 4.78 is 0. The molecule has 0 aromatic heterocycles. The monoisotopic (exact) mass is 245 g/mol. The molecular formula is C17H27N. The van der Waals surface area contributed by atoms with E-state index in [9.17, 15) is 0 Å². The highest BCUT2D eigenvalue weighted by atomic mass is 15.0. The minimum atomic E-state index is 0.468. The van der Waals surface area contributed by atoms with E-state index in [2.05, 4.69) is 51.2 Å². The largest absolute Gasteiger partial charge is 0.307 e. The number of rotatable bonds is 3. The maximum atomic E-state index is 3.85. The third kappa shape index (κ3) is 3.14. The maximum Gasteiger partial charge on any atom is 0.0297 e. The van der Waals surface area contributed by atoms with Crippen molar-refractivity contribution >= 4 is 0 Å². The molecule has 0 heterocycles. The molecule has 0 amide bonds. The number of nitrogens with one attached hydrogen (secondary N) is 1. The van der Waals surface area contributed by atoms with E-state index in [1.165, 1.54) is 42.4 Å². The molecule has 1 fully saturated rings. The highest BCUT2D eigenvalue weighted by molar-refractivity contribution is 5.32. The van der Waals surface area contributed by atoms with E-state index in [1.54, 1.807) is 0 Å². The van der Waals surface area contributed by atoms with Gasteiger partial charge in [0.1, 0.15) is 0 Å². The topological polar surface area (TPSA) is 12.0 Å². The van der Waals surface area contributed by atoms with Crippen molar-refractivity contribution < 1.29 is 0 Å². The number of hydrogen-bond acceptors (Lipinski definition) is 1. The van der Waals surface area contributed by atoms with Crippen LogP contribution in [0, 0.1) is 19.8 Å². The SMILES string of the molecule is Cc1ccc(C)c(C(C)NC2CCCCC2C)c1. The van der Waals surface area contributed by atoms with Crippen molar-refractivity contribution in [3.05, 3.63) is 34.9 Å². The molecule has 1 aromatic rings. The molecule has 0 bridgehead atoms. The van der Waals surface area contributed by atoms with E-state index in [-0.39, 0.29) is 0 Å². The van der Waals surface area contributed by atoms with Crippen molar-refractivity contribution in [3.8, 4) is 0 Å². The summed E-state index contributed by atoms with van der Waals surface area (Å²) in [5.74, 6) is 0.825. The zero-order valence-electron chi connectivity index (χ0n) is 12.3. The van der Waals surface area contributed by atoms with E-state index in [0.717, 1.165) is 5.92 Å². The van der Waals surface area contributed by atoms with Gasteiger partial charge in [-0.25, -0.2) is 0 Å². The van der Waals surface area contributed by atoms with Gasteiger partial charge in [0, 0.05) is 12.1 Å². The Bertz CT molecular complexity index is 397. The molecule has 0 radical (unpaired) electrons. The van der Waals surface area contributed by atoms with Crippen LogP contribution in [0.25, 0.3) is 0 Å². The lowest BCUT2D eigenvalue weighted by molar-refractivity contribution is 0.263. The van der Waals surface area contributed by atoms with E-state index >= 15 is 0 Å². The summed E-state index contributed by atoms with van der Waals surface area (Å²) in [4.78, 5) is 0. The van der Waals surface area contributed by atoms with Crippen LogP contribution >= 0.6 is 0 Å². The fourth-order valence-electron chi connectivity index (χ4n) is 3.20. The highest BCUT2D eigenvalue weighted by Crippen LogP contribution is 2.27. The predicted molar refractivity (Wildman–Crippen MR) is 78.9 cm³/mol. The molecule has 0 saturated heterocycles. The molecule has 1 N–H and O–H groups in total. The lowest BCUT2D eigenvalue weighted by atomic mass is 9.85. The van der Waals surface area contributed by atoms with Crippen LogP contribution in [0.2, 0.25) is 0 Å². The van der Waals surface area contributed by atoms with Crippen molar-refractivity contribution in [2.24, 2.45) is 5.92 Å². The minimum Gasteiger partial charge on any atom is -0.307 e. The maximum absolute atomic E-state index is 3.85. The Labute approximate surface area is 112 Å². The summed E-state index contributed by atoms with van der Waals surface area (Å²) >= 11 is 0. The first kappa shape index (κ1) is 13.6. The normalized spacial score (nSPS) is 26.0. The van der Waals surface area contributed by atoms with Crippen molar-refractivity contribution in [1.82, 2.24) is 5.32 Å². The van der Waals surface area contributed by atoms with Crippen molar-refractivity contribution in [2.75, 3.05) is 0 Å². The standard InChI is InChI=1S/C17H27N/c1-12-9-10-13(2)16(11-12)15(4)18-17-8-6-5-7-14(17)3/h9-11,14-15,17-18H,5-8H2,1-4H3. The molecule has 1 nitrogen and oxygen atoms in total. The van der Waals surface area contributed by atoms with Crippen LogP contribution in [0.5, 0.6) is 0 Å². The summed E-state index contributed by atoms with van der Waals surface area (Å²) in [5, 5.41) is 3.85. The Morgan fingerprint density at radius 2 is 1.89 bits per heavy atom. The number of hydrogen-bond donors (Lipinski definition) is 1. The van der Waals surface area contributed by atoms with E-state index < -0.39 is 0 Å². The second-order valence-corrected chi connectivity index (χ2v) is 6.12. The van der Waals surface area contributed by atoms with Crippen LogP contribution < -0.4 is 5.32 Å². The fourth-order valence-corrected chi connectivity index (χ4v) is 3.20. The summed E-state index contributed by atoms with van der Waals surface area (Å²) in [6.07, 6.45) is 5.53. The van der Waals surface area contributed by atoms with E-state index in [1.807, 2.05) is 0 Å². The number of benzene rings is 1. The molecule has 0 aliphatic heterocycles. The third-order valence-electron chi connectivity index (χ3n) is 4.48. The minimum absolute atomic E-state index is 0.468. The zero-order chi connectivity index (χ0) is 13.1. The summed E-state index contributed by atoms with van der Waals surface area (Å²) in [5.41, 5.74) is 4.23. The van der Waals surface area contributed by atoms with Gasteiger partial charge in [-0.15, -0.1) is 0 Å². The lowest BCUT2D eigenvalue weighted by Crippen LogP contribution is -2.38. The molecule has 1 heteroatoms. The van der Waals surface area contributed by atoms with Crippen LogP contribution in [0.3, 0.4) is 0 Å². The second kappa shape index (κ2) is 5.88. The molecule has 100 valence electrons.